The molecule has 0 saturated heterocycles. The van der Waals surface area contributed by atoms with Crippen LogP contribution in [0.3, 0.4) is 0 Å². The maximum absolute atomic E-state index is 5.85. The molecule has 0 aliphatic rings. The van der Waals surface area contributed by atoms with Crippen molar-refractivity contribution in [3.63, 3.8) is 0 Å². The Bertz CT molecular complexity index is 528. The number of rotatable bonds is 5. The van der Waals surface area contributed by atoms with E-state index in [-0.39, 0.29) is 6.04 Å². The van der Waals surface area contributed by atoms with Crippen molar-refractivity contribution in [2.24, 2.45) is 5.73 Å². The van der Waals surface area contributed by atoms with Crippen LogP contribution >= 0.6 is 15.9 Å². The summed E-state index contributed by atoms with van der Waals surface area (Å²) in [7, 11) is 0. The van der Waals surface area contributed by atoms with Gasteiger partial charge in [-0.2, -0.15) is 0 Å². The predicted octanol–water partition coefficient (Wildman–Crippen LogP) is 3.13. The summed E-state index contributed by atoms with van der Waals surface area (Å²) in [6.07, 6.45) is 2.69. The number of hydrogen-bond acceptors (Lipinski definition) is 3. The molecule has 4 heteroatoms. The zero-order chi connectivity index (χ0) is 13.7. The zero-order valence-electron chi connectivity index (χ0n) is 10.9. The molecule has 0 saturated carbocycles. The Labute approximate surface area is 122 Å². The first-order valence-corrected chi connectivity index (χ1v) is 7.11. The normalized spacial score (nSPS) is 12.2. The van der Waals surface area contributed by atoms with E-state index in [9.17, 15) is 0 Å². The average Bonchev–Trinajstić information content (AvgIpc) is 2.42. The maximum atomic E-state index is 5.85. The van der Waals surface area contributed by atoms with Gasteiger partial charge in [0, 0.05) is 23.3 Å². The third-order valence-corrected chi connectivity index (χ3v) is 3.43. The summed E-state index contributed by atoms with van der Waals surface area (Å²) >= 11 is 3.42. The molecule has 2 rings (SSSR count). The van der Waals surface area contributed by atoms with E-state index in [1.165, 1.54) is 5.56 Å². The van der Waals surface area contributed by atoms with Gasteiger partial charge in [0.1, 0.15) is 5.82 Å². The summed E-state index contributed by atoms with van der Waals surface area (Å²) in [4.78, 5) is 4.39. The topological polar surface area (TPSA) is 50.9 Å². The average molecular weight is 320 g/mol. The van der Waals surface area contributed by atoms with Crippen LogP contribution in [0.15, 0.2) is 47.1 Å². The van der Waals surface area contributed by atoms with Crippen LogP contribution in [0.1, 0.15) is 11.1 Å². The number of aryl methyl sites for hydroxylation is 1. The lowest BCUT2D eigenvalue weighted by Crippen LogP contribution is -2.31. The van der Waals surface area contributed by atoms with Crippen LogP contribution in [0.2, 0.25) is 0 Å². The lowest BCUT2D eigenvalue weighted by molar-refractivity contribution is 0.719. The van der Waals surface area contributed by atoms with Gasteiger partial charge in [-0.05, 0) is 46.5 Å². The van der Waals surface area contributed by atoms with Crippen LogP contribution in [0.25, 0.3) is 0 Å². The highest BCUT2D eigenvalue weighted by Gasteiger charge is 2.10. The molecule has 0 aliphatic carbocycles. The summed E-state index contributed by atoms with van der Waals surface area (Å²) in [5.41, 5.74) is 8.24. The van der Waals surface area contributed by atoms with Gasteiger partial charge in [0.25, 0.3) is 0 Å². The Kier molecular flexibility index (Phi) is 4.93. The van der Waals surface area contributed by atoms with Crippen LogP contribution in [0.5, 0.6) is 0 Å². The van der Waals surface area contributed by atoms with Gasteiger partial charge in [-0.1, -0.05) is 30.3 Å². The SMILES string of the molecule is Cc1cc(Br)cnc1NC(CN)Cc1ccccc1. The highest BCUT2D eigenvalue weighted by Crippen LogP contribution is 2.18. The van der Waals surface area contributed by atoms with Crippen LogP contribution in [-0.4, -0.2) is 17.6 Å². The van der Waals surface area contributed by atoms with Crippen LogP contribution < -0.4 is 11.1 Å². The van der Waals surface area contributed by atoms with E-state index < -0.39 is 0 Å². The monoisotopic (exact) mass is 319 g/mol. The summed E-state index contributed by atoms with van der Waals surface area (Å²) in [6.45, 7) is 2.61. The number of benzene rings is 1. The van der Waals surface area contributed by atoms with Gasteiger partial charge in [0.15, 0.2) is 0 Å². The minimum atomic E-state index is 0.190. The number of hydrogen-bond donors (Lipinski definition) is 2. The van der Waals surface area contributed by atoms with Gasteiger partial charge in [-0.3, -0.25) is 0 Å². The van der Waals surface area contributed by atoms with Crippen molar-refractivity contribution < 1.29 is 0 Å². The van der Waals surface area contributed by atoms with Gasteiger partial charge < -0.3 is 11.1 Å². The second-order valence-electron chi connectivity index (χ2n) is 4.59. The fourth-order valence-electron chi connectivity index (χ4n) is 1.98. The molecule has 1 unspecified atom stereocenters. The third kappa shape index (κ3) is 4.04. The maximum Gasteiger partial charge on any atom is 0.129 e. The van der Waals surface area contributed by atoms with E-state index in [4.69, 9.17) is 5.73 Å². The number of nitrogens with one attached hydrogen (secondary N) is 1. The summed E-state index contributed by atoms with van der Waals surface area (Å²) in [5, 5.41) is 3.42. The summed E-state index contributed by atoms with van der Waals surface area (Å²) in [5.74, 6) is 0.898. The first-order valence-electron chi connectivity index (χ1n) is 6.31. The molecule has 0 amide bonds. The Morgan fingerprint density at radius 2 is 2.05 bits per heavy atom. The minimum absolute atomic E-state index is 0.190. The molecule has 1 atom stereocenters. The van der Waals surface area contributed by atoms with Crippen molar-refractivity contribution in [1.82, 2.24) is 4.98 Å². The van der Waals surface area contributed by atoms with E-state index in [0.29, 0.717) is 6.54 Å². The second kappa shape index (κ2) is 6.68. The van der Waals surface area contributed by atoms with Crippen molar-refractivity contribution in [3.8, 4) is 0 Å². The summed E-state index contributed by atoms with van der Waals surface area (Å²) in [6, 6.07) is 12.6. The van der Waals surface area contributed by atoms with Gasteiger partial charge in [-0.25, -0.2) is 4.98 Å². The van der Waals surface area contributed by atoms with Crippen LogP contribution in [0, 0.1) is 6.92 Å². The Morgan fingerprint density at radius 1 is 1.32 bits per heavy atom. The first-order chi connectivity index (χ1) is 9.19. The highest BCUT2D eigenvalue weighted by molar-refractivity contribution is 9.10. The van der Waals surface area contributed by atoms with Crippen molar-refractivity contribution in [3.05, 3.63) is 58.2 Å². The molecular formula is C15H18BrN3. The predicted molar refractivity (Wildman–Crippen MR) is 83.3 cm³/mol. The zero-order valence-corrected chi connectivity index (χ0v) is 12.5. The molecule has 1 heterocycles. The molecule has 0 radical (unpaired) electrons. The molecule has 3 N–H and O–H groups in total. The van der Waals surface area contributed by atoms with E-state index in [1.807, 2.05) is 31.2 Å². The molecule has 100 valence electrons. The third-order valence-electron chi connectivity index (χ3n) is 3.00. The van der Waals surface area contributed by atoms with Crippen molar-refractivity contribution in [2.75, 3.05) is 11.9 Å². The van der Waals surface area contributed by atoms with Gasteiger partial charge in [0.05, 0.1) is 0 Å². The number of anilines is 1. The quantitative estimate of drug-likeness (QED) is 0.890. The van der Waals surface area contributed by atoms with E-state index >= 15 is 0 Å². The molecule has 19 heavy (non-hydrogen) atoms. The number of aromatic nitrogens is 1. The van der Waals surface area contributed by atoms with Gasteiger partial charge in [-0.15, -0.1) is 0 Å². The largest absolute Gasteiger partial charge is 0.366 e. The Hall–Kier alpha value is -1.39. The van der Waals surface area contributed by atoms with Crippen molar-refractivity contribution in [1.29, 1.82) is 0 Å². The smallest absolute Gasteiger partial charge is 0.129 e. The molecule has 1 aromatic carbocycles. The number of nitrogens with zero attached hydrogens (tertiary/aromatic N) is 1. The molecule has 2 aromatic rings. The highest BCUT2D eigenvalue weighted by atomic mass is 79.9. The lowest BCUT2D eigenvalue weighted by Gasteiger charge is -2.19. The van der Waals surface area contributed by atoms with Crippen LogP contribution in [-0.2, 0) is 6.42 Å². The molecule has 0 aliphatic heterocycles. The number of nitrogens with two attached hydrogens (primary N) is 1. The van der Waals surface area contributed by atoms with Crippen LogP contribution in [0.4, 0.5) is 5.82 Å². The number of pyridine rings is 1. The van der Waals surface area contributed by atoms with Gasteiger partial charge in [0.2, 0.25) is 0 Å². The molecule has 0 spiro atoms. The van der Waals surface area contributed by atoms with Crippen molar-refractivity contribution >= 4 is 21.7 Å². The van der Waals surface area contributed by atoms with Gasteiger partial charge >= 0.3 is 0 Å². The Balaban J connectivity index is 2.06. The fraction of sp³-hybridized carbons (Fsp3) is 0.267. The first kappa shape index (κ1) is 14.0. The molecule has 0 fully saturated rings. The van der Waals surface area contributed by atoms with Crippen molar-refractivity contribution in [2.45, 2.75) is 19.4 Å². The lowest BCUT2D eigenvalue weighted by atomic mass is 10.1. The van der Waals surface area contributed by atoms with E-state index in [2.05, 4.69) is 38.4 Å². The summed E-state index contributed by atoms with van der Waals surface area (Å²) < 4.78 is 0.989. The second-order valence-corrected chi connectivity index (χ2v) is 5.50. The molecular weight excluding hydrogens is 302 g/mol. The molecule has 1 aromatic heterocycles. The Morgan fingerprint density at radius 3 is 2.68 bits per heavy atom. The van der Waals surface area contributed by atoms with E-state index in [0.717, 1.165) is 22.3 Å². The van der Waals surface area contributed by atoms with E-state index in [1.54, 1.807) is 6.20 Å². The minimum Gasteiger partial charge on any atom is -0.366 e. The fourth-order valence-corrected chi connectivity index (χ4v) is 2.42. The number of halogens is 1. The molecule has 0 bridgehead atoms. The molecule has 3 nitrogen and oxygen atoms in total. The standard InChI is InChI=1S/C15H18BrN3/c1-11-7-13(16)10-18-15(11)19-14(9-17)8-12-5-3-2-4-6-12/h2-7,10,14H,8-9,17H2,1H3,(H,18,19).